The van der Waals surface area contributed by atoms with Crippen LogP contribution in [0.15, 0.2) is 180 Å². The summed E-state index contributed by atoms with van der Waals surface area (Å²) in [5.41, 5.74) is 9.84. The summed E-state index contributed by atoms with van der Waals surface area (Å²) in [4.78, 5) is 2.34. The first-order chi connectivity index (χ1) is 22.8. The molecule has 0 spiro atoms. The lowest BCUT2D eigenvalue weighted by atomic mass is 9.93. The summed E-state index contributed by atoms with van der Waals surface area (Å²) in [5.74, 6) is 0. The molecule has 2 heteroatoms. The van der Waals surface area contributed by atoms with Crippen LogP contribution < -0.4 is 4.90 Å². The van der Waals surface area contributed by atoms with Crippen LogP contribution in [0.1, 0.15) is 0 Å². The second-order valence-electron chi connectivity index (χ2n) is 11.8. The van der Waals surface area contributed by atoms with E-state index in [9.17, 15) is 0 Å². The van der Waals surface area contributed by atoms with Gasteiger partial charge in [-0.3, -0.25) is 0 Å². The summed E-state index contributed by atoms with van der Waals surface area (Å²) in [6.45, 7) is 0. The molecule has 0 atom stereocenters. The highest BCUT2D eigenvalue weighted by Crippen LogP contribution is 2.42. The molecule has 0 radical (unpaired) electrons. The minimum Gasteiger partial charge on any atom is -0.456 e. The Morgan fingerprint density at radius 2 is 0.891 bits per heavy atom. The average Bonchev–Trinajstić information content (AvgIpc) is 3.50. The van der Waals surface area contributed by atoms with Crippen LogP contribution in [-0.2, 0) is 0 Å². The van der Waals surface area contributed by atoms with Crippen molar-refractivity contribution in [2.24, 2.45) is 0 Å². The van der Waals surface area contributed by atoms with Crippen LogP contribution in [0, 0.1) is 0 Å². The van der Waals surface area contributed by atoms with E-state index >= 15 is 0 Å². The Labute approximate surface area is 267 Å². The Balaban J connectivity index is 1.27. The number of fused-ring (bicyclic) bond motifs is 6. The van der Waals surface area contributed by atoms with Crippen LogP contribution in [0.5, 0.6) is 0 Å². The second kappa shape index (κ2) is 10.8. The first-order valence-electron chi connectivity index (χ1n) is 15.7. The fraction of sp³-hybridized carbons (Fsp3) is 0. The molecule has 0 aliphatic carbocycles. The summed E-state index contributed by atoms with van der Waals surface area (Å²) in [7, 11) is 0. The lowest BCUT2D eigenvalue weighted by Crippen LogP contribution is -2.10. The molecule has 0 fully saturated rings. The molecule has 1 aromatic heterocycles. The molecular weight excluding hydrogens is 558 g/mol. The SMILES string of the molecule is c1ccc(-c2ccc(N(c3ccc4c(c3)oc3ccccc34)c3ccc4c(-c5ccccc5)cc5ccccc5c4c3)cc2)cc1. The predicted molar refractivity (Wildman–Crippen MR) is 194 cm³/mol. The molecule has 0 aliphatic heterocycles. The van der Waals surface area contributed by atoms with Crippen LogP contribution in [0.2, 0.25) is 0 Å². The third kappa shape index (κ3) is 4.43. The number of rotatable bonds is 5. The van der Waals surface area contributed by atoms with Gasteiger partial charge < -0.3 is 9.32 Å². The summed E-state index contributed by atoms with van der Waals surface area (Å²) < 4.78 is 6.36. The summed E-state index contributed by atoms with van der Waals surface area (Å²) >= 11 is 0. The number of anilines is 3. The van der Waals surface area contributed by atoms with Crippen molar-refractivity contribution in [2.45, 2.75) is 0 Å². The molecule has 0 N–H and O–H groups in total. The van der Waals surface area contributed by atoms with Crippen LogP contribution in [0.25, 0.3) is 65.7 Å². The minimum absolute atomic E-state index is 0.877. The van der Waals surface area contributed by atoms with E-state index in [1.54, 1.807) is 0 Å². The fourth-order valence-electron chi connectivity index (χ4n) is 6.82. The van der Waals surface area contributed by atoms with Gasteiger partial charge in [0, 0.05) is 33.9 Å². The molecular formula is C44H29NO. The topological polar surface area (TPSA) is 16.4 Å². The van der Waals surface area contributed by atoms with Crippen molar-refractivity contribution in [1.29, 1.82) is 0 Å². The Morgan fingerprint density at radius 1 is 0.326 bits per heavy atom. The zero-order chi connectivity index (χ0) is 30.5. The highest BCUT2D eigenvalue weighted by Gasteiger charge is 2.18. The van der Waals surface area contributed by atoms with E-state index in [0.717, 1.165) is 39.0 Å². The van der Waals surface area contributed by atoms with Gasteiger partial charge in [-0.1, -0.05) is 121 Å². The zero-order valence-corrected chi connectivity index (χ0v) is 25.1. The second-order valence-corrected chi connectivity index (χ2v) is 11.8. The van der Waals surface area contributed by atoms with Crippen molar-refractivity contribution in [1.82, 2.24) is 0 Å². The van der Waals surface area contributed by atoms with Gasteiger partial charge in [-0.25, -0.2) is 0 Å². The standard InChI is InChI=1S/C44H29NO/c1-3-11-30(12-4-1)31-19-21-34(22-20-31)45(36-24-26-40-39-17-9-10-18-43(39)46-44(40)29-36)35-23-25-38-41(32-13-5-2-6-14-32)27-33-15-7-8-16-37(33)42(38)28-35/h1-29H. The summed E-state index contributed by atoms with van der Waals surface area (Å²) in [6.07, 6.45) is 0. The van der Waals surface area contributed by atoms with Crippen molar-refractivity contribution < 1.29 is 4.42 Å². The Morgan fingerprint density at radius 3 is 1.67 bits per heavy atom. The molecule has 2 nitrogen and oxygen atoms in total. The maximum atomic E-state index is 6.36. The number of nitrogens with zero attached hydrogens (tertiary/aromatic N) is 1. The summed E-state index contributed by atoms with van der Waals surface area (Å²) in [5, 5.41) is 7.19. The quantitative estimate of drug-likeness (QED) is 0.186. The van der Waals surface area contributed by atoms with Gasteiger partial charge in [0.2, 0.25) is 0 Å². The number of benzene rings is 8. The number of hydrogen-bond acceptors (Lipinski definition) is 2. The molecule has 0 unspecified atom stereocenters. The van der Waals surface area contributed by atoms with Crippen molar-refractivity contribution >= 4 is 60.5 Å². The Bertz CT molecular complexity index is 2510. The maximum absolute atomic E-state index is 6.36. The van der Waals surface area contributed by atoms with Crippen molar-refractivity contribution in [3.8, 4) is 22.3 Å². The number of para-hydroxylation sites is 1. The van der Waals surface area contributed by atoms with E-state index in [0.29, 0.717) is 0 Å². The highest BCUT2D eigenvalue weighted by molar-refractivity contribution is 6.15. The van der Waals surface area contributed by atoms with Gasteiger partial charge >= 0.3 is 0 Å². The van der Waals surface area contributed by atoms with Crippen molar-refractivity contribution in [3.63, 3.8) is 0 Å². The van der Waals surface area contributed by atoms with Gasteiger partial charge in [0.25, 0.3) is 0 Å². The third-order valence-corrected chi connectivity index (χ3v) is 9.04. The molecule has 46 heavy (non-hydrogen) atoms. The van der Waals surface area contributed by atoms with E-state index in [1.807, 2.05) is 12.1 Å². The minimum atomic E-state index is 0.877. The smallest absolute Gasteiger partial charge is 0.137 e. The monoisotopic (exact) mass is 587 g/mol. The molecule has 216 valence electrons. The molecule has 0 amide bonds. The molecule has 0 saturated heterocycles. The van der Waals surface area contributed by atoms with E-state index < -0.39 is 0 Å². The van der Waals surface area contributed by atoms with Gasteiger partial charge in [0.15, 0.2) is 0 Å². The van der Waals surface area contributed by atoms with Crippen LogP contribution in [-0.4, -0.2) is 0 Å². The largest absolute Gasteiger partial charge is 0.456 e. The molecule has 1 heterocycles. The molecule has 0 aliphatic rings. The zero-order valence-electron chi connectivity index (χ0n) is 25.1. The van der Waals surface area contributed by atoms with E-state index in [1.165, 1.54) is 43.8 Å². The first kappa shape index (κ1) is 26.3. The Hall–Kier alpha value is -6.12. The molecule has 0 saturated carbocycles. The molecule has 0 bridgehead atoms. The van der Waals surface area contributed by atoms with Crippen LogP contribution >= 0.6 is 0 Å². The van der Waals surface area contributed by atoms with Gasteiger partial charge in [-0.2, -0.15) is 0 Å². The van der Waals surface area contributed by atoms with Gasteiger partial charge in [0.1, 0.15) is 11.2 Å². The van der Waals surface area contributed by atoms with E-state index in [2.05, 4.69) is 169 Å². The van der Waals surface area contributed by atoms with Gasteiger partial charge in [-0.05, 0) is 92.3 Å². The molecule has 9 aromatic rings. The van der Waals surface area contributed by atoms with Crippen LogP contribution in [0.4, 0.5) is 17.1 Å². The maximum Gasteiger partial charge on any atom is 0.137 e. The van der Waals surface area contributed by atoms with Crippen molar-refractivity contribution in [3.05, 3.63) is 176 Å². The van der Waals surface area contributed by atoms with Gasteiger partial charge in [0.05, 0.1) is 0 Å². The molecule has 9 rings (SSSR count). The lowest BCUT2D eigenvalue weighted by molar-refractivity contribution is 0.669. The van der Waals surface area contributed by atoms with Crippen LogP contribution in [0.3, 0.4) is 0 Å². The first-order valence-corrected chi connectivity index (χ1v) is 15.7. The highest BCUT2D eigenvalue weighted by atomic mass is 16.3. The number of furan rings is 1. The number of hydrogen-bond donors (Lipinski definition) is 0. The third-order valence-electron chi connectivity index (χ3n) is 9.04. The Kier molecular flexibility index (Phi) is 6.17. The van der Waals surface area contributed by atoms with E-state index in [4.69, 9.17) is 4.42 Å². The van der Waals surface area contributed by atoms with Crippen molar-refractivity contribution in [2.75, 3.05) is 4.90 Å². The fourth-order valence-corrected chi connectivity index (χ4v) is 6.82. The van der Waals surface area contributed by atoms with E-state index in [-0.39, 0.29) is 0 Å². The normalized spacial score (nSPS) is 11.5. The lowest BCUT2D eigenvalue weighted by Gasteiger charge is -2.26. The van der Waals surface area contributed by atoms with Gasteiger partial charge in [-0.15, -0.1) is 0 Å². The molecule has 8 aromatic carbocycles. The predicted octanol–water partition coefficient (Wildman–Crippen LogP) is 12.7. The summed E-state index contributed by atoms with van der Waals surface area (Å²) in [6, 6.07) is 62.8. The average molecular weight is 588 g/mol.